The van der Waals surface area contributed by atoms with E-state index in [1.54, 1.807) is 12.1 Å². The molecule has 3 amide bonds. The number of rotatable bonds is 7. The Morgan fingerprint density at radius 2 is 1.74 bits per heavy atom. The molecule has 178 valence electrons. The predicted molar refractivity (Wildman–Crippen MR) is 124 cm³/mol. The Labute approximate surface area is 198 Å². The van der Waals surface area contributed by atoms with Gasteiger partial charge in [-0.2, -0.15) is 0 Å². The summed E-state index contributed by atoms with van der Waals surface area (Å²) in [4.78, 5) is 59.4. The number of amides is 3. The number of nitrogens with zero attached hydrogens (tertiary/aromatic N) is 2. The number of anilines is 1. The Balaban J connectivity index is 1.28. The number of nitro benzene ring substituents is 1. The highest BCUT2D eigenvalue weighted by Crippen LogP contribution is 2.23. The van der Waals surface area contributed by atoms with Crippen LogP contribution in [0, 0.1) is 16.0 Å². The summed E-state index contributed by atoms with van der Waals surface area (Å²) in [5, 5.41) is 16.2. The van der Waals surface area contributed by atoms with E-state index in [2.05, 4.69) is 10.7 Å². The van der Waals surface area contributed by atoms with E-state index < -0.39 is 41.1 Å². The van der Waals surface area contributed by atoms with Gasteiger partial charge in [0.2, 0.25) is 5.91 Å². The Morgan fingerprint density at radius 3 is 2.49 bits per heavy atom. The minimum Gasteiger partial charge on any atom is -0.455 e. The molecule has 2 N–H and O–H groups in total. The molecule has 3 aromatic rings. The smallest absolute Gasteiger partial charge is 0.311 e. The number of nitro groups is 1. The van der Waals surface area contributed by atoms with Crippen molar-refractivity contribution in [3.63, 3.8) is 0 Å². The number of hydrazine groups is 1. The number of fused-ring (bicyclic) bond motifs is 1. The molecule has 11 nitrogen and oxygen atoms in total. The summed E-state index contributed by atoms with van der Waals surface area (Å²) in [6.45, 7) is -0.650. The molecule has 0 unspecified atom stereocenters. The van der Waals surface area contributed by atoms with Crippen LogP contribution in [0.4, 0.5) is 11.4 Å². The van der Waals surface area contributed by atoms with E-state index in [-0.39, 0.29) is 24.2 Å². The lowest BCUT2D eigenvalue weighted by Crippen LogP contribution is -2.43. The summed E-state index contributed by atoms with van der Waals surface area (Å²) >= 11 is 0. The molecule has 1 aliphatic heterocycles. The van der Waals surface area contributed by atoms with Gasteiger partial charge in [-0.1, -0.05) is 36.4 Å². The number of non-ortho nitro benzene ring substituents is 1. The number of hydrogen-bond acceptors (Lipinski definition) is 7. The second-order valence-electron chi connectivity index (χ2n) is 7.83. The van der Waals surface area contributed by atoms with Crippen LogP contribution in [0.2, 0.25) is 0 Å². The molecule has 1 fully saturated rings. The van der Waals surface area contributed by atoms with Crippen molar-refractivity contribution in [3.05, 3.63) is 82.4 Å². The van der Waals surface area contributed by atoms with E-state index in [0.29, 0.717) is 5.69 Å². The number of ether oxygens (including phenoxy) is 1. The first-order chi connectivity index (χ1) is 16.8. The van der Waals surface area contributed by atoms with Crippen LogP contribution in [0.3, 0.4) is 0 Å². The highest BCUT2D eigenvalue weighted by atomic mass is 16.6. The predicted octanol–water partition coefficient (Wildman–Crippen LogP) is 2.42. The van der Waals surface area contributed by atoms with E-state index in [9.17, 15) is 29.3 Å². The summed E-state index contributed by atoms with van der Waals surface area (Å²) in [6, 6.07) is 17.8. The molecule has 0 aromatic heterocycles. The lowest BCUT2D eigenvalue weighted by atomic mass is 10.1. The summed E-state index contributed by atoms with van der Waals surface area (Å²) in [5.41, 5.74) is 2.90. The SMILES string of the molecule is O=C(COC(=O)[C@@H]1CC(=O)N(NC(=O)c2ccc([N+](=O)[O-])cc2)C1)Nc1cccc2ccccc12. The maximum absolute atomic E-state index is 12.4. The Kier molecular flexibility index (Phi) is 6.67. The van der Waals surface area contributed by atoms with Crippen LogP contribution in [0.15, 0.2) is 66.7 Å². The largest absolute Gasteiger partial charge is 0.455 e. The fourth-order valence-corrected chi connectivity index (χ4v) is 3.67. The number of esters is 1. The molecule has 0 bridgehead atoms. The monoisotopic (exact) mass is 476 g/mol. The standard InChI is InChI=1S/C24H20N4O7/c29-21(25-20-7-3-5-15-4-1-2-6-19(15)20)14-35-24(32)17-12-22(30)27(13-17)26-23(31)16-8-10-18(11-9-16)28(33)34/h1-11,17H,12-14H2,(H,25,29)(H,26,31)/t17-/m1/s1. The number of hydrogen-bond donors (Lipinski definition) is 2. The van der Waals surface area contributed by atoms with Gasteiger partial charge in [0.15, 0.2) is 6.61 Å². The first kappa shape index (κ1) is 23.4. The van der Waals surface area contributed by atoms with Crippen LogP contribution in [0.5, 0.6) is 0 Å². The lowest BCUT2D eigenvalue weighted by Gasteiger charge is -2.17. The molecule has 1 atom stereocenters. The molecular formula is C24H20N4O7. The average Bonchev–Trinajstić information content (AvgIpc) is 3.22. The Bertz CT molecular complexity index is 1320. The van der Waals surface area contributed by atoms with Crippen molar-refractivity contribution >= 4 is 45.8 Å². The van der Waals surface area contributed by atoms with Crippen LogP contribution in [0.1, 0.15) is 16.8 Å². The van der Waals surface area contributed by atoms with Gasteiger partial charge >= 0.3 is 5.97 Å². The zero-order valence-electron chi connectivity index (χ0n) is 18.3. The number of benzene rings is 3. The van der Waals surface area contributed by atoms with Crippen molar-refractivity contribution in [2.75, 3.05) is 18.5 Å². The molecule has 1 heterocycles. The zero-order chi connectivity index (χ0) is 24.9. The van der Waals surface area contributed by atoms with Gasteiger partial charge in [0, 0.05) is 35.2 Å². The minimum absolute atomic E-state index is 0.111. The molecule has 0 saturated carbocycles. The Hall–Kier alpha value is -4.80. The van der Waals surface area contributed by atoms with Crippen LogP contribution >= 0.6 is 0 Å². The van der Waals surface area contributed by atoms with E-state index in [0.717, 1.165) is 15.8 Å². The quantitative estimate of drug-likeness (QED) is 0.302. The van der Waals surface area contributed by atoms with E-state index in [4.69, 9.17) is 4.74 Å². The summed E-state index contributed by atoms with van der Waals surface area (Å²) in [7, 11) is 0. The maximum Gasteiger partial charge on any atom is 0.311 e. The molecule has 0 radical (unpaired) electrons. The third-order valence-corrected chi connectivity index (χ3v) is 5.44. The zero-order valence-corrected chi connectivity index (χ0v) is 18.3. The number of carbonyl (C=O) groups excluding carboxylic acids is 4. The van der Waals surface area contributed by atoms with Crippen LogP contribution in [-0.4, -0.2) is 46.8 Å². The normalized spacial score (nSPS) is 15.0. The summed E-state index contributed by atoms with van der Waals surface area (Å²) in [6.07, 6.45) is -0.190. The molecule has 1 saturated heterocycles. The minimum atomic E-state index is -0.856. The molecule has 0 aliphatic carbocycles. The van der Waals surface area contributed by atoms with Gasteiger partial charge in [0.25, 0.3) is 17.5 Å². The third-order valence-electron chi connectivity index (χ3n) is 5.44. The van der Waals surface area contributed by atoms with Crippen molar-refractivity contribution in [1.82, 2.24) is 10.4 Å². The third kappa shape index (κ3) is 5.41. The first-order valence-electron chi connectivity index (χ1n) is 10.6. The van der Waals surface area contributed by atoms with Gasteiger partial charge < -0.3 is 10.1 Å². The van der Waals surface area contributed by atoms with E-state index in [1.807, 2.05) is 30.3 Å². The highest BCUT2D eigenvalue weighted by molar-refractivity contribution is 6.03. The average molecular weight is 476 g/mol. The fourth-order valence-electron chi connectivity index (χ4n) is 3.67. The topological polar surface area (TPSA) is 148 Å². The van der Waals surface area contributed by atoms with Gasteiger partial charge in [-0.05, 0) is 23.6 Å². The van der Waals surface area contributed by atoms with Gasteiger partial charge in [-0.3, -0.25) is 39.7 Å². The van der Waals surface area contributed by atoms with E-state index >= 15 is 0 Å². The molecular weight excluding hydrogens is 456 g/mol. The van der Waals surface area contributed by atoms with Gasteiger partial charge in [-0.25, -0.2) is 0 Å². The molecule has 11 heteroatoms. The van der Waals surface area contributed by atoms with Gasteiger partial charge in [-0.15, -0.1) is 0 Å². The number of carbonyl (C=O) groups is 4. The molecule has 3 aromatic carbocycles. The second kappa shape index (κ2) is 10.00. The van der Waals surface area contributed by atoms with Gasteiger partial charge in [0.05, 0.1) is 17.4 Å². The van der Waals surface area contributed by atoms with E-state index in [1.165, 1.54) is 24.3 Å². The molecule has 35 heavy (non-hydrogen) atoms. The highest BCUT2D eigenvalue weighted by Gasteiger charge is 2.36. The van der Waals surface area contributed by atoms with Crippen LogP contribution in [-0.2, 0) is 19.1 Å². The first-order valence-corrected chi connectivity index (χ1v) is 10.6. The van der Waals surface area contributed by atoms with Crippen molar-refractivity contribution in [2.45, 2.75) is 6.42 Å². The van der Waals surface area contributed by atoms with Crippen LogP contribution in [0.25, 0.3) is 10.8 Å². The van der Waals surface area contributed by atoms with Crippen molar-refractivity contribution in [1.29, 1.82) is 0 Å². The van der Waals surface area contributed by atoms with Crippen LogP contribution < -0.4 is 10.7 Å². The molecule has 0 spiro atoms. The lowest BCUT2D eigenvalue weighted by molar-refractivity contribution is -0.384. The second-order valence-corrected chi connectivity index (χ2v) is 7.83. The fraction of sp³-hybridized carbons (Fsp3) is 0.167. The molecule has 1 aliphatic rings. The summed E-state index contributed by atoms with van der Waals surface area (Å²) in [5.74, 6) is -3.27. The van der Waals surface area contributed by atoms with Crippen molar-refractivity contribution in [2.24, 2.45) is 5.92 Å². The summed E-state index contributed by atoms with van der Waals surface area (Å²) < 4.78 is 5.09. The Morgan fingerprint density at radius 1 is 1.03 bits per heavy atom. The number of nitrogens with one attached hydrogen (secondary N) is 2. The van der Waals surface area contributed by atoms with Gasteiger partial charge in [0.1, 0.15) is 0 Å². The molecule has 4 rings (SSSR count). The van der Waals surface area contributed by atoms with Crippen molar-refractivity contribution in [3.8, 4) is 0 Å². The maximum atomic E-state index is 12.4. The van der Waals surface area contributed by atoms with Crippen molar-refractivity contribution < 1.29 is 28.8 Å².